The minimum absolute atomic E-state index is 1.37. The normalized spacial score (nSPS) is 11.7. The highest BCUT2D eigenvalue weighted by Gasteiger charge is 2.23. The first-order valence-corrected chi connectivity index (χ1v) is 9.64. The first-order chi connectivity index (χ1) is 12.0. The van der Waals surface area contributed by atoms with Crippen molar-refractivity contribution in [1.82, 2.24) is 4.57 Å². The highest BCUT2D eigenvalue weighted by atomic mass is 14.9. The lowest BCUT2D eigenvalue weighted by atomic mass is 9.81. The Labute approximate surface area is 159 Å². The van der Waals surface area contributed by atoms with Crippen LogP contribution >= 0.6 is 0 Å². The molecule has 138 valence electrons. The Kier molecular flexibility index (Phi) is 4.34. The van der Waals surface area contributed by atoms with Crippen molar-refractivity contribution in [3.63, 3.8) is 0 Å². The largest absolute Gasteiger partial charge is 0.347 e. The van der Waals surface area contributed by atoms with Crippen LogP contribution in [0.15, 0.2) is 0 Å². The summed E-state index contributed by atoms with van der Waals surface area (Å²) >= 11 is 0. The molecule has 2 aromatic carbocycles. The topological polar surface area (TPSA) is 4.93 Å². The first-order valence-electron chi connectivity index (χ1n) is 9.64. The minimum Gasteiger partial charge on any atom is -0.347 e. The van der Waals surface area contributed by atoms with E-state index < -0.39 is 0 Å². The van der Waals surface area contributed by atoms with Crippen molar-refractivity contribution in [2.24, 2.45) is 7.05 Å². The molecule has 3 rings (SSSR count). The molecule has 3 aromatic rings. The molecule has 0 bridgehead atoms. The molecule has 1 nitrogen and oxygen atoms in total. The van der Waals surface area contributed by atoms with Crippen molar-refractivity contribution in [3.8, 4) is 11.1 Å². The maximum Gasteiger partial charge on any atom is 0.0521 e. The second-order valence-corrected chi connectivity index (χ2v) is 8.24. The van der Waals surface area contributed by atoms with Gasteiger partial charge in [0.1, 0.15) is 0 Å². The zero-order valence-corrected chi connectivity index (χ0v) is 18.4. The molecule has 0 N–H and O–H groups in total. The molecule has 1 aromatic heterocycles. The smallest absolute Gasteiger partial charge is 0.0521 e. The van der Waals surface area contributed by atoms with E-state index in [1.807, 2.05) is 0 Å². The fraction of sp³-hybridized carbons (Fsp3) is 0.440. The molecule has 0 saturated heterocycles. The zero-order chi connectivity index (χ0) is 19.7. The van der Waals surface area contributed by atoms with Crippen LogP contribution in [0.3, 0.4) is 0 Å². The third-order valence-electron chi connectivity index (χ3n) is 7.35. The van der Waals surface area contributed by atoms with Gasteiger partial charge in [-0.2, -0.15) is 0 Å². The number of fused-ring (bicyclic) bond motifs is 1. The minimum atomic E-state index is 1.37. The van der Waals surface area contributed by atoms with Gasteiger partial charge in [0.05, 0.1) is 5.52 Å². The summed E-state index contributed by atoms with van der Waals surface area (Å²) in [4.78, 5) is 0. The quantitative estimate of drug-likeness (QED) is 0.450. The van der Waals surface area contributed by atoms with E-state index in [1.54, 1.807) is 0 Å². The van der Waals surface area contributed by atoms with Crippen LogP contribution in [0.4, 0.5) is 0 Å². The Morgan fingerprint density at radius 3 is 1.31 bits per heavy atom. The molecule has 0 radical (unpaired) electrons. The standard InChI is InChI=1S/C25H33N/c1-12-13(2)16(5)22(17(6)14(12)3)23-18(7)15(4)19(8)25-24(23)20(9)21(10)26(25)11/h1-11H3. The Morgan fingerprint density at radius 2 is 0.808 bits per heavy atom. The monoisotopic (exact) mass is 347 g/mol. The Morgan fingerprint density at radius 1 is 0.423 bits per heavy atom. The van der Waals surface area contributed by atoms with Crippen LogP contribution in [0.1, 0.15) is 55.8 Å². The maximum absolute atomic E-state index is 2.38. The molecule has 0 atom stereocenters. The molecular weight excluding hydrogens is 314 g/mol. The average molecular weight is 348 g/mol. The van der Waals surface area contributed by atoms with Crippen LogP contribution in [-0.2, 0) is 7.05 Å². The number of hydrogen-bond acceptors (Lipinski definition) is 0. The summed E-state index contributed by atoms with van der Waals surface area (Å²) in [5, 5.41) is 1.44. The Bertz CT molecular complexity index is 1050. The molecule has 26 heavy (non-hydrogen) atoms. The molecule has 1 heterocycles. The number of aromatic nitrogens is 1. The summed E-state index contributed by atoms with van der Waals surface area (Å²) in [5.74, 6) is 0. The number of hydrogen-bond donors (Lipinski definition) is 0. The van der Waals surface area contributed by atoms with Crippen molar-refractivity contribution < 1.29 is 0 Å². The van der Waals surface area contributed by atoms with Crippen molar-refractivity contribution in [1.29, 1.82) is 0 Å². The van der Waals surface area contributed by atoms with Gasteiger partial charge < -0.3 is 4.57 Å². The SMILES string of the molecule is Cc1c(C)c(C)c(-c2c(C)c(C)c(C)c3c2c(C)c(C)n3C)c(C)c1C. The fourth-order valence-electron chi connectivity index (χ4n) is 4.71. The summed E-state index contributed by atoms with van der Waals surface area (Å²) in [6, 6.07) is 0. The molecular formula is C25H33N. The van der Waals surface area contributed by atoms with Gasteiger partial charge in [-0.3, -0.25) is 0 Å². The van der Waals surface area contributed by atoms with Crippen molar-refractivity contribution in [2.75, 3.05) is 0 Å². The summed E-state index contributed by atoms with van der Waals surface area (Å²) in [5.41, 5.74) is 18.5. The van der Waals surface area contributed by atoms with E-state index in [-0.39, 0.29) is 0 Å². The number of rotatable bonds is 1. The van der Waals surface area contributed by atoms with Crippen LogP contribution in [0.25, 0.3) is 22.0 Å². The molecule has 0 amide bonds. The number of nitrogens with zero attached hydrogens (tertiary/aromatic N) is 1. The van der Waals surface area contributed by atoms with Crippen LogP contribution < -0.4 is 0 Å². The molecule has 0 saturated carbocycles. The first kappa shape index (κ1) is 18.8. The molecule has 0 spiro atoms. The summed E-state index contributed by atoms with van der Waals surface area (Å²) in [6.45, 7) is 22.8. The highest BCUT2D eigenvalue weighted by molar-refractivity contribution is 6.04. The lowest BCUT2D eigenvalue weighted by Crippen LogP contribution is -2.03. The second kappa shape index (κ2) is 6.01. The van der Waals surface area contributed by atoms with E-state index in [4.69, 9.17) is 0 Å². The lowest BCUT2D eigenvalue weighted by molar-refractivity contribution is 0.906. The predicted molar refractivity (Wildman–Crippen MR) is 116 cm³/mol. The molecule has 0 aliphatic carbocycles. The zero-order valence-electron chi connectivity index (χ0n) is 18.4. The lowest BCUT2D eigenvalue weighted by Gasteiger charge is -2.23. The summed E-state index contributed by atoms with van der Waals surface area (Å²) < 4.78 is 2.38. The van der Waals surface area contributed by atoms with E-state index in [2.05, 4.69) is 80.9 Å². The van der Waals surface area contributed by atoms with Gasteiger partial charge in [0, 0.05) is 18.1 Å². The van der Waals surface area contributed by atoms with Crippen molar-refractivity contribution in [3.05, 3.63) is 55.8 Å². The highest BCUT2D eigenvalue weighted by Crippen LogP contribution is 2.44. The second-order valence-electron chi connectivity index (χ2n) is 8.24. The van der Waals surface area contributed by atoms with Crippen LogP contribution in [0, 0.1) is 69.2 Å². The van der Waals surface area contributed by atoms with Gasteiger partial charge in [-0.05, 0) is 130 Å². The fourth-order valence-corrected chi connectivity index (χ4v) is 4.71. The van der Waals surface area contributed by atoms with Crippen LogP contribution in [-0.4, -0.2) is 4.57 Å². The Balaban J connectivity index is 2.67. The predicted octanol–water partition coefficient (Wildman–Crippen LogP) is 6.93. The van der Waals surface area contributed by atoms with Gasteiger partial charge in [0.2, 0.25) is 0 Å². The van der Waals surface area contributed by atoms with E-state index in [0.717, 1.165) is 0 Å². The number of aryl methyl sites for hydroxylation is 3. The summed E-state index contributed by atoms with van der Waals surface area (Å²) in [6.07, 6.45) is 0. The number of benzene rings is 2. The van der Waals surface area contributed by atoms with Gasteiger partial charge in [-0.1, -0.05) is 0 Å². The van der Waals surface area contributed by atoms with Crippen LogP contribution in [0.5, 0.6) is 0 Å². The molecule has 1 heteroatoms. The van der Waals surface area contributed by atoms with Gasteiger partial charge in [-0.25, -0.2) is 0 Å². The third kappa shape index (κ3) is 2.22. The van der Waals surface area contributed by atoms with E-state index in [1.165, 1.54) is 77.8 Å². The van der Waals surface area contributed by atoms with Crippen molar-refractivity contribution >= 4 is 10.9 Å². The molecule has 0 fully saturated rings. The van der Waals surface area contributed by atoms with Crippen molar-refractivity contribution in [2.45, 2.75) is 69.2 Å². The van der Waals surface area contributed by atoms with Gasteiger partial charge in [-0.15, -0.1) is 0 Å². The molecule has 0 unspecified atom stereocenters. The van der Waals surface area contributed by atoms with Crippen LogP contribution in [0.2, 0.25) is 0 Å². The van der Waals surface area contributed by atoms with E-state index in [0.29, 0.717) is 0 Å². The Hall–Kier alpha value is -2.02. The summed E-state index contributed by atoms with van der Waals surface area (Å²) in [7, 11) is 2.21. The molecule has 0 aliphatic heterocycles. The average Bonchev–Trinajstić information content (AvgIpc) is 2.83. The van der Waals surface area contributed by atoms with E-state index in [9.17, 15) is 0 Å². The van der Waals surface area contributed by atoms with Gasteiger partial charge in [0.25, 0.3) is 0 Å². The van der Waals surface area contributed by atoms with E-state index >= 15 is 0 Å². The molecule has 0 aliphatic rings. The maximum atomic E-state index is 2.38. The third-order valence-corrected chi connectivity index (χ3v) is 7.35. The van der Waals surface area contributed by atoms with Gasteiger partial charge in [0.15, 0.2) is 0 Å². The van der Waals surface area contributed by atoms with Gasteiger partial charge >= 0.3 is 0 Å².